The van der Waals surface area contributed by atoms with Crippen LogP contribution >= 0.6 is 0 Å². The molecule has 9 heteroatoms. The second-order valence-corrected chi connectivity index (χ2v) is 9.34. The van der Waals surface area contributed by atoms with Gasteiger partial charge in [-0.2, -0.15) is 0 Å². The Labute approximate surface area is 164 Å². The summed E-state index contributed by atoms with van der Waals surface area (Å²) in [5.74, 6) is -0.379. The molecule has 2 aliphatic rings. The van der Waals surface area contributed by atoms with Gasteiger partial charge in [0, 0.05) is 19.7 Å². The Balaban J connectivity index is 1.44. The number of nitrogens with zero attached hydrogens (tertiary/aromatic N) is 1. The van der Waals surface area contributed by atoms with E-state index in [1.807, 2.05) is 0 Å². The van der Waals surface area contributed by atoms with E-state index in [0.717, 1.165) is 19.4 Å². The van der Waals surface area contributed by atoms with Gasteiger partial charge in [-0.3, -0.25) is 4.79 Å². The highest BCUT2D eigenvalue weighted by atomic mass is 32.2. The van der Waals surface area contributed by atoms with Crippen LogP contribution in [0.5, 0.6) is 5.75 Å². The van der Waals surface area contributed by atoms with Crippen LogP contribution < -0.4 is 4.74 Å². The number of hydrogen-bond donors (Lipinski definition) is 0. The second-order valence-electron chi connectivity index (χ2n) is 7.11. The number of hydrogen-bond acceptors (Lipinski definition) is 7. The molecule has 0 spiro atoms. The average molecular weight is 411 g/mol. The van der Waals surface area contributed by atoms with Gasteiger partial charge in [0.1, 0.15) is 12.4 Å². The monoisotopic (exact) mass is 411 g/mol. The van der Waals surface area contributed by atoms with Gasteiger partial charge < -0.3 is 19.1 Å². The Morgan fingerprint density at radius 2 is 1.96 bits per heavy atom. The molecule has 2 fully saturated rings. The van der Waals surface area contributed by atoms with Crippen molar-refractivity contribution in [3.63, 3.8) is 0 Å². The molecule has 2 aliphatic heterocycles. The van der Waals surface area contributed by atoms with E-state index in [1.54, 1.807) is 24.3 Å². The summed E-state index contributed by atoms with van der Waals surface area (Å²) in [7, 11) is -1.55. The van der Waals surface area contributed by atoms with E-state index in [9.17, 15) is 18.0 Å². The minimum Gasteiger partial charge on any atom is -0.491 e. The summed E-state index contributed by atoms with van der Waals surface area (Å²) in [6.45, 7) is 0.813. The molecule has 0 unspecified atom stereocenters. The van der Waals surface area contributed by atoms with Crippen LogP contribution in [0.3, 0.4) is 0 Å². The lowest BCUT2D eigenvalue weighted by Gasteiger charge is -2.23. The predicted octanol–water partition coefficient (Wildman–Crippen LogP) is 1.05. The maximum atomic E-state index is 12.2. The molecule has 2 heterocycles. The van der Waals surface area contributed by atoms with Crippen LogP contribution in [0.15, 0.2) is 24.3 Å². The molecule has 1 amide bonds. The minimum absolute atomic E-state index is 0.0451. The van der Waals surface area contributed by atoms with Gasteiger partial charge in [0.2, 0.25) is 0 Å². The molecule has 0 aromatic heterocycles. The zero-order chi connectivity index (χ0) is 20.1. The molecule has 0 saturated carbocycles. The Bertz CT molecular complexity index is 800. The van der Waals surface area contributed by atoms with E-state index in [2.05, 4.69) is 0 Å². The molecule has 3 rings (SSSR count). The first-order chi connectivity index (χ1) is 13.3. The van der Waals surface area contributed by atoms with Gasteiger partial charge in [0.05, 0.1) is 23.2 Å². The van der Waals surface area contributed by atoms with E-state index < -0.39 is 28.3 Å². The summed E-state index contributed by atoms with van der Waals surface area (Å²) in [4.78, 5) is 25.6. The summed E-state index contributed by atoms with van der Waals surface area (Å²) in [6.07, 6.45) is 2.55. The maximum absolute atomic E-state index is 12.2. The molecule has 0 aliphatic carbocycles. The average Bonchev–Trinajstić information content (AvgIpc) is 3.33. The molecule has 28 heavy (non-hydrogen) atoms. The van der Waals surface area contributed by atoms with Gasteiger partial charge >= 0.3 is 5.97 Å². The molecule has 0 N–H and O–H groups in total. The third kappa shape index (κ3) is 5.45. The zero-order valence-corrected chi connectivity index (χ0v) is 16.7. The zero-order valence-electron chi connectivity index (χ0n) is 15.8. The highest BCUT2D eigenvalue weighted by Gasteiger charge is 2.33. The van der Waals surface area contributed by atoms with Crippen molar-refractivity contribution in [2.75, 3.05) is 38.4 Å². The lowest BCUT2D eigenvalue weighted by Crippen LogP contribution is -2.40. The molecule has 2 atom stereocenters. The van der Waals surface area contributed by atoms with Crippen LogP contribution in [-0.4, -0.2) is 75.7 Å². The third-order valence-electron chi connectivity index (χ3n) is 5.03. The van der Waals surface area contributed by atoms with Gasteiger partial charge in [-0.15, -0.1) is 0 Å². The number of carbonyl (C=O) groups excluding carboxylic acids is 2. The van der Waals surface area contributed by atoms with Crippen molar-refractivity contribution in [1.29, 1.82) is 0 Å². The van der Waals surface area contributed by atoms with Crippen molar-refractivity contribution in [2.45, 2.75) is 31.4 Å². The molecular weight excluding hydrogens is 386 g/mol. The number of sulfone groups is 1. The predicted molar refractivity (Wildman–Crippen MR) is 101 cm³/mol. The molecule has 1 aromatic carbocycles. The van der Waals surface area contributed by atoms with Crippen LogP contribution in [0.4, 0.5) is 0 Å². The standard InChI is InChI=1S/C19H25NO7S/c1-20(15-8-10-28(23,24)13-15)18(21)12-27-19(22)14-4-6-16(7-5-14)26-11-17-3-2-9-25-17/h4-7,15,17H,2-3,8-13H2,1H3/t15-,17-/m0/s1. The molecular formula is C19H25NO7S. The van der Waals surface area contributed by atoms with Crippen molar-refractivity contribution in [2.24, 2.45) is 0 Å². The molecule has 8 nitrogen and oxygen atoms in total. The van der Waals surface area contributed by atoms with Crippen molar-refractivity contribution in [3.05, 3.63) is 29.8 Å². The Kier molecular flexibility index (Phi) is 6.56. The van der Waals surface area contributed by atoms with E-state index in [1.165, 1.54) is 11.9 Å². The third-order valence-corrected chi connectivity index (χ3v) is 6.78. The topological polar surface area (TPSA) is 99.2 Å². The number of likely N-dealkylation sites (N-methyl/N-ethyl adjacent to an activating group) is 1. The molecule has 2 saturated heterocycles. The Morgan fingerprint density at radius 1 is 1.21 bits per heavy atom. The van der Waals surface area contributed by atoms with E-state index in [0.29, 0.717) is 24.3 Å². The SMILES string of the molecule is CN(C(=O)COC(=O)c1ccc(OC[C@@H]2CCCO2)cc1)[C@H]1CCS(=O)(=O)C1. The van der Waals surface area contributed by atoms with Gasteiger partial charge in [-0.05, 0) is 43.5 Å². The lowest BCUT2D eigenvalue weighted by molar-refractivity contribution is -0.134. The fraction of sp³-hybridized carbons (Fsp3) is 0.579. The van der Waals surface area contributed by atoms with Gasteiger partial charge in [-0.25, -0.2) is 13.2 Å². The highest BCUT2D eigenvalue weighted by Crippen LogP contribution is 2.18. The summed E-state index contributed by atoms with van der Waals surface area (Å²) in [6, 6.07) is 6.12. The smallest absolute Gasteiger partial charge is 0.338 e. The minimum atomic E-state index is -3.08. The first-order valence-electron chi connectivity index (χ1n) is 9.32. The molecule has 0 radical (unpaired) electrons. The largest absolute Gasteiger partial charge is 0.491 e. The quantitative estimate of drug-likeness (QED) is 0.618. The van der Waals surface area contributed by atoms with Gasteiger partial charge in [0.25, 0.3) is 5.91 Å². The number of ether oxygens (including phenoxy) is 3. The van der Waals surface area contributed by atoms with Crippen LogP contribution in [0.1, 0.15) is 29.6 Å². The van der Waals surface area contributed by atoms with Crippen LogP contribution in [0.2, 0.25) is 0 Å². The maximum Gasteiger partial charge on any atom is 0.338 e. The van der Waals surface area contributed by atoms with E-state index in [4.69, 9.17) is 14.2 Å². The Morgan fingerprint density at radius 3 is 2.57 bits per heavy atom. The molecule has 154 valence electrons. The van der Waals surface area contributed by atoms with Gasteiger partial charge in [-0.1, -0.05) is 0 Å². The fourth-order valence-corrected chi connectivity index (χ4v) is 5.02. The van der Waals surface area contributed by atoms with Crippen LogP contribution in [-0.2, 0) is 24.1 Å². The summed E-state index contributed by atoms with van der Waals surface area (Å²) >= 11 is 0. The number of benzene rings is 1. The van der Waals surface area contributed by atoms with Gasteiger partial charge in [0.15, 0.2) is 16.4 Å². The Hall–Kier alpha value is -2.13. The van der Waals surface area contributed by atoms with Crippen molar-refractivity contribution >= 4 is 21.7 Å². The highest BCUT2D eigenvalue weighted by molar-refractivity contribution is 7.91. The molecule has 1 aromatic rings. The summed E-state index contributed by atoms with van der Waals surface area (Å²) in [5.41, 5.74) is 0.309. The van der Waals surface area contributed by atoms with Crippen molar-refractivity contribution in [3.8, 4) is 5.75 Å². The van der Waals surface area contributed by atoms with Crippen molar-refractivity contribution in [1.82, 2.24) is 4.90 Å². The second kappa shape index (κ2) is 8.91. The first-order valence-corrected chi connectivity index (χ1v) is 11.1. The molecule has 0 bridgehead atoms. The van der Waals surface area contributed by atoms with Crippen LogP contribution in [0.25, 0.3) is 0 Å². The number of amides is 1. The lowest BCUT2D eigenvalue weighted by atomic mass is 10.2. The first kappa shape index (κ1) is 20.6. The van der Waals surface area contributed by atoms with E-state index in [-0.39, 0.29) is 23.7 Å². The van der Waals surface area contributed by atoms with Crippen molar-refractivity contribution < 1.29 is 32.2 Å². The number of rotatable bonds is 7. The van der Waals surface area contributed by atoms with E-state index >= 15 is 0 Å². The van der Waals surface area contributed by atoms with Crippen LogP contribution in [0, 0.1) is 0 Å². The normalized spacial score (nSPS) is 23.3. The number of esters is 1. The number of carbonyl (C=O) groups is 2. The summed E-state index contributed by atoms with van der Waals surface area (Å²) < 4.78 is 39.2. The summed E-state index contributed by atoms with van der Waals surface area (Å²) in [5, 5.41) is 0. The fourth-order valence-electron chi connectivity index (χ4n) is 3.25.